The molecule has 0 amide bonds. The Hall–Kier alpha value is -1.79. The van der Waals surface area contributed by atoms with Crippen LogP contribution in [0.5, 0.6) is 0 Å². The van der Waals surface area contributed by atoms with Gasteiger partial charge in [0.15, 0.2) is 6.29 Å². The number of hydrogen-bond acceptors (Lipinski definition) is 5. The average molecular weight is 496 g/mol. The van der Waals surface area contributed by atoms with E-state index in [-0.39, 0.29) is 11.8 Å². The van der Waals surface area contributed by atoms with Gasteiger partial charge in [-0.25, -0.2) is 0 Å². The Bertz CT molecular complexity index is 922. The highest BCUT2D eigenvalue weighted by atomic mass is 35.5. The molecule has 2 aliphatic rings. The molecule has 1 aliphatic carbocycles. The van der Waals surface area contributed by atoms with Crippen LogP contribution in [0.15, 0.2) is 70.1 Å². The first-order valence-electron chi connectivity index (χ1n) is 11.0. The third-order valence-corrected chi connectivity index (χ3v) is 7.31. The maximum Gasteiger partial charge on any atom is 0.160 e. The molecule has 1 atom stereocenters. The SMILES string of the molecule is C=C/C(O)=C(\C=C/C)C(c1ccc(C=O)s1)N1CCN(C2=CCCC(Cl)=C2Cl)CC1.CC. The van der Waals surface area contributed by atoms with Crippen molar-refractivity contribution in [1.82, 2.24) is 9.80 Å². The quantitative estimate of drug-likeness (QED) is 0.247. The van der Waals surface area contributed by atoms with E-state index in [2.05, 4.69) is 22.5 Å². The normalized spacial score (nSPS) is 19.2. The van der Waals surface area contributed by atoms with Crippen LogP contribution in [-0.4, -0.2) is 47.4 Å². The molecule has 32 heavy (non-hydrogen) atoms. The number of halogens is 2. The Labute approximate surface area is 205 Å². The van der Waals surface area contributed by atoms with Crippen LogP contribution in [0.2, 0.25) is 0 Å². The number of carbonyl (C=O) groups is 1. The van der Waals surface area contributed by atoms with Gasteiger partial charge in [0.05, 0.1) is 21.6 Å². The minimum atomic E-state index is -0.157. The second-order valence-electron chi connectivity index (χ2n) is 7.18. The van der Waals surface area contributed by atoms with Gasteiger partial charge in [0.2, 0.25) is 0 Å². The molecular formula is C25H32Cl2N2O2S. The minimum absolute atomic E-state index is 0.148. The lowest BCUT2D eigenvalue weighted by Crippen LogP contribution is -2.47. The molecule has 174 valence electrons. The van der Waals surface area contributed by atoms with Crippen molar-refractivity contribution in [2.75, 3.05) is 26.2 Å². The number of hydrogen-bond donors (Lipinski definition) is 1. The van der Waals surface area contributed by atoms with Gasteiger partial charge < -0.3 is 10.0 Å². The van der Waals surface area contributed by atoms with Gasteiger partial charge >= 0.3 is 0 Å². The predicted molar refractivity (Wildman–Crippen MR) is 138 cm³/mol. The molecule has 0 spiro atoms. The number of aliphatic hydroxyl groups excluding tert-OH is 1. The van der Waals surface area contributed by atoms with Crippen molar-refractivity contribution in [3.05, 3.63) is 79.9 Å². The zero-order valence-corrected chi connectivity index (χ0v) is 21.3. The van der Waals surface area contributed by atoms with E-state index >= 15 is 0 Å². The van der Waals surface area contributed by atoms with E-state index in [1.165, 1.54) is 17.4 Å². The van der Waals surface area contributed by atoms with Crippen LogP contribution in [0, 0.1) is 0 Å². The zero-order chi connectivity index (χ0) is 23.7. The first-order chi connectivity index (χ1) is 15.5. The molecule has 1 N–H and O–H groups in total. The van der Waals surface area contributed by atoms with Crippen molar-refractivity contribution in [3.63, 3.8) is 0 Å². The molecule has 0 radical (unpaired) electrons. The summed E-state index contributed by atoms with van der Waals surface area (Å²) in [4.78, 5) is 17.5. The van der Waals surface area contributed by atoms with E-state index in [0.717, 1.165) is 66.5 Å². The van der Waals surface area contributed by atoms with Gasteiger partial charge in [-0.15, -0.1) is 11.3 Å². The number of carbonyl (C=O) groups excluding carboxylic acids is 1. The number of rotatable bonds is 7. The number of nitrogens with zero attached hydrogens (tertiary/aromatic N) is 2. The minimum Gasteiger partial charge on any atom is -0.508 e. The van der Waals surface area contributed by atoms with Gasteiger partial charge in [0.1, 0.15) is 5.76 Å². The summed E-state index contributed by atoms with van der Waals surface area (Å²) in [6.07, 6.45) is 10.0. The van der Waals surface area contributed by atoms with Gasteiger partial charge in [-0.05, 0) is 38.0 Å². The van der Waals surface area contributed by atoms with Crippen LogP contribution in [0.3, 0.4) is 0 Å². The van der Waals surface area contributed by atoms with E-state index in [4.69, 9.17) is 23.2 Å². The third-order valence-electron chi connectivity index (χ3n) is 5.35. The molecule has 7 heteroatoms. The molecule has 3 rings (SSSR count). The summed E-state index contributed by atoms with van der Waals surface area (Å²) < 4.78 is 0. The van der Waals surface area contributed by atoms with Crippen LogP contribution in [0.1, 0.15) is 54.2 Å². The van der Waals surface area contributed by atoms with Crippen molar-refractivity contribution in [1.29, 1.82) is 0 Å². The molecule has 1 aromatic rings. The van der Waals surface area contributed by atoms with Gasteiger partial charge in [-0.3, -0.25) is 9.69 Å². The number of allylic oxidation sites excluding steroid dienone is 5. The van der Waals surface area contributed by atoms with Crippen molar-refractivity contribution in [2.24, 2.45) is 0 Å². The summed E-state index contributed by atoms with van der Waals surface area (Å²) >= 11 is 14.2. The Morgan fingerprint density at radius 1 is 1.22 bits per heavy atom. The van der Waals surface area contributed by atoms with E-state index in [1.807, 2.05) is 45.1 Å². The monoisotopic (exact) mass is 494 g/mol. The van der Waals surface area contributed by atoms with Crippen LogP contribution < -0.4 is 0 Å². The lowest BCUT2D eigenvalue weighted by molar-refractivity contribution is 0.112. The van der Waals surface area contributed by atoms with Crippen LogP contribution in [0.25, 0.3) is 0 Å². The summed E-state index contributed by atoms with van der Waals surface area (Å²) in [6.45, 7) is 12.8. The van der Waals surface area contributed by atoms with Crippen molar-refractivity contribution < 1.29 is 9.90 Å². The molecule has 1 fully saturated rings. The fraction of sp³-hybridized carbons (Fsp3) is 0.400. The maximum absolute atomic E-state index is 11.2. The number of aldehydes is 1. The van der Waals surface area contributed by atoms with E-state index in [0.29, 0.717) is 9.91 Å². The number of aliphatic hydroxyl groups is 1. The summed E-state index contributed by atoms with van der Waals surface area (Å²) in [6, 6.07) is 3.64. The highest BCUT2D eigenvalue weighted by Crippen LogP contribution is 2.38. The second kappa shape index (κ2) is 13.0. The Kier molecular flexibility index (Phi) is 10.8. The zero-order valence-electron chi connectivity index (χ0n) is 19.0. The maximum atomic E-state index is 11.2. The van der Waals surface area contributed by atoms with Crippen molar-refractivity contribution in [3.8, 4) is 0 Å². The number of thiophene rings is 1. The van der Waals surface area contributed by atoms with Crippen LogP contribution in [-0.2, 0) is 0 Å². The van der Waals surface area contributed by atoms with E-state index in [1.54, 1.807) is 0 Å². The molecule has 2 heterocycles. The third kappa shape index (κ3) is 6.16. The Morgan fingerprint density at radius 3 is 2.47 bits per heavy atom. The highest BCUT2D eigenvalue weighted by molar-refractivity contribution is 7.13. The Balaban J connectivity index is 0.00000176. The van der Waals surface area contributed by atoms with Gasteiger partial charge in [0, 0.05) is 41.7 Å². The lowest BCUT2D eigenvalue weighted by atomic mass is 10.00. The lowest BCUT2D eigenvalue weighted by Gasteiger charge is -2.41. The molecule has 1 aromatic heterocycles. The van der Waals surface area contributed by atoms with Gasteiger partial charge in [0.25, 0.3) is 0 Å². The average Bonchev–Trinajstić information content (AvgIpc) is 3.30. The Morgan fingerprint density at radius 2 is 1.91 bits per heavy atom. The van der Waals surface area contributed by atoms with Crippen molar-refractivity contribution >= 4 is 40.8 Å². The smallest absolute Gasteiger partial charge is 0.160 e. The molecule has 1 unspecified atom stereocenters. The van der Waals surface area contributed by atoms with E-state index < -0.39 is 0 Å². The van der Waals surface area contributed by atoms with Crippen molar-refractivity contribution in [2.45, 2.75) is 39.7 Å². The molecule has 1 aliphatic heterocycles. The second-order valence-corrected chi connectivity index (χ2v) is 9.16. The summed E-state index contributed by atoms with van der Waals surface area (Å²) in [7, 11) is 0. The molecule has 1 saturated heterocycles. The van der Waals surface area contributed by atoms with Crippen LogP contribution >= 0.6 is 34.5 Å². The molecule has 4 nitrogen and oxygen atoms in total. The summed E-state index contributed by atoms with van der Waals surface area (Å²) in [5, 5.41) is 11.9. The molecule has 0 saturated carbocycles. The van der Waals surface area contributed by atoms with Crippen LogP contribution in [0.4, 0.5) is 0 Å². The standard InChI is InChI=1S/C23H26Cl2N2O2S.C2H6/c1-3-6-17(20(29)4-2)23(21-10-9-16(15-28)30-21)27-13-11-26(12-14-27)19-8-5-7-18(24)22(19)25;1-2/h3-4,6,8-10,15,23,29H,2,5,7,11-14H2,1H3;1-2H3/b6-3-,20-17-;. The summed E-state index contributed by atoms with van der Waals surface area (Å²) in [5.74, 6) is 0.148. The topological polar surface area (TPSA) is 43.8 Å². The van der Waals surface area contributed by atoms with Gasteiger partial charge in [-0.2, -0.15) is 0 Å². The largest absolute Gasteiger partial charge is 0.508 e. The first-order valence-corrected chi connectivity index (χ1v) is 12.5. The van der Waals surface area contributed by atoms with E-state index in [9.17, 15) is 9.90 Å². The highest BCUT2D eigenvalue weighted by Gasteiger charge is 2.31. The molecule has 0 bridgehead atoms. The van der Waals surface area contributed by atoms with Gasteiger partial charge in [-0.1, -0.05) is 61.9 Å². The summed E-state index contributed by atoms with van der Waals surface area (Å²) in [5.41, 5.74) is 1.79. The molecule has 0 aromatic carbocycles. The fourth-order valence-electron chi connectivity index (χ4n) is 3.89. The fourth-order valence-corrected chi connectivity index (χ4v) is 5.36. The number of piperazine rings is 1. The first kappa shape index (κ1) is 26.5. The molecular weight excluding hydrogens is 463 g/mol. The predicted octanol–water partition coefficient (Wildman–Crippen LogP) is 7.19.